The van der Waals surface area contributed by atoms with E-state index in [4.69, 9.17) is 14.5 Å². The van der Waals surface area contributed by atoms with Crippen molar-refractivity contribution in [3.63, 3.8) is 0 Å². The van der Waals surface area contributed by atoms with Crippen molar-refractivity contribution < 1.29 is 13.9 Å². The van der Waals surface area contributed by atoms with Crippen LogP contribution in [0.3, 0.4) is 0 Å². The first kappa shape index (κ1) is 22.6. The van der Waals surface area contributed by atoms with E-state index in [1.54, 1.807) is 19.2 Å². The summed E-state index contributed by atoms with van der Waals surface area (Å²) in [5.74, 6) is 0.657. The van der Waals surface area contributed by atoms with E-state index < -0.39 is 5.82 Å². The maximum atomic E-state index is 14.6. The average Bonchev–Trinajstić information content (AvgIpc) is 3.43. The van der Waals surface area contributed by atoms with Crippen LogP contribution < -0.4 is 20.3 Å². The Morgan fingerprint density at radius 3 is 2.69 bits per heavy atom. The highest BCUT2D eigenvalue weighted by Gasteiger charge is 2.26. The Balaban J connectivity index is 1.85. The number of nitrogens with zero attached hydrogens (tertiary/aromatic N) is 3. The summed E-state index contributed by atoms with van der Waals surface area (Å²) in [6, 6.07) is 17.0. The minimum Gasteiger partial charge on any atom is -0.497 e. The van der Waals surface area contributed by atoms with Gasteiger partial charge in [0.2, 0.25) is 0 Å². The molecule has 1 aliphatic heterocycles. The second kappa shape index (κ2) is 9.20. The van der Waals surface area contributed by atoms with Crippen LogP contribution in [0.5, 0.6) is 11.5 Å². The first-order valence-corrected chi connectivity index (χ1v) is 11.3. The molecule has 5 rings (SSSR count). The van der Waals surface area contributed by atoms with Crippen molar-refractivity contribution in [1.29, 1.82) is 5.26 Å². The van der Waals surface area contributed by atoms with E-state index in [0.717, 1.165) is 24.9 Å². The van der Waals surface area contributed by atoms with Gasteiger partial charge < -0.3 is 14.8 Å². The van der Waals surface area contributed by atoms with Crippen molar-refractivity contribution in [2.24, 2.45) is 0 Å². The van der Waals surface area contributed by atoms with Crippen molar-refractivity contribution in [3.05, 3.63) is 82.2 Å². The molecule has 176 valence electrons. The molecule has 8 heteroatoms. The Morgan fingerprint density at radius 2 is 2.00 bits per heavy atom. The molecule has 0 saturated carbocycles. The lowest BCUT2D eigenvalue weighted by molar-refractivity contribution is 0.386. The summed E-state index contributed by atoms with van der Waals surface area (Å²) in [6.07, 6.45) is 1.73. The molecular formula is C27H23FN4O3. The zero-order valence-corrected chi connectivity index (χ0v) is 19.3. The third kappa shape index (κ3) is 4.00. The number of nitriles is 1. The van der Waals surface area contributed by atoms with Crippen LogP contribution in [0.15, 0.2) is 59.4 Å². The van der Waals surface area contributed by atoms with E-state index in [-0.39, 0.29) is 22.7 Å². The maximum absolute atomic E-state index is 14.6. The highest BCUT2D eigenvalue weighted by molar-refractivity contribution is 5.95. The van der Waals surface area contributed by atoms with Crippen LogP contribution in [0.25, 0.3) is 27.7 Å². The van der Waals surface area contributed by atoms with Crippen LogP contribution in [0, 0.1) is 17.1 Å². The van der Waals surface area contributed by atoms with E-state index in [1.165, 1.54) is 29.9 Å². The van der Waals surface area contributed by atoms with Crippen molar-refractivity contribution in [2.75, 3.05) is 20.8 Å². The summed E-state index contributed by atoms with van der Waals surface area (Å²) in [7, 11) is 2.97. The van der Waals surface area contributed by atoms with Gasteiger partial charge in [-0.05, 0) is 61.3 Å². The lowest BCUT2D eigenvalue weighted by atomic mass is 9.99. The third-order valence-corrected chi connectivity index (χ3v) is 6.27. The van der Waals surface area contributed by atoms with E-state index >= 15 is 0 Å². The Hall–Kier alpha value is -4.22. The lowest BCUT2D eigenvalue weighted by Crippen LogP contribution is -2.29. The maximum Gasteiger partial charge on any atom is 0.266 e. The average molecular weight is 471 g/mol. The zero-order chi connectivity index (χ0) is 24.5. The Morgan fingerprint density at radius 1 is 1.14 bits per heavy atom. The van der Waals surface area contributed by atoms with Gasteiger partial charge in [0, 0.05) is 11.6 Å². The van der Waals surface area contributed by atoms with Gasteiger partial charge in [0.25, 0.3) is 5.56 Å². The first-order valence-electron chi connectivity index (χ1n) is 11.3. The fourth-order valence-electron chi connectivity index (χ4n) is 4.56. The van der Waals surface area contributed by atoms with Crippen molar-refractivity contribution in [3.8, 4) is 34.4 Å². The number of aromatic nitrogens is 2. The van der Waals surface area contributed by atoms with Gasteiger partial charge in [-0.25, -0.2) is 9.37 Å². The second-order valence-corrected chi connectivity index (χ2v) is 8.34. The Labute approximate surface area is 201 Å². The topological polar surface area (TPSA) is 89.2 Å². The standard InChI is InChI=1S/C27H23FN4O3/c1-34-19-6-3-5-17(13-19)20-11-16(15-29)12-21-25(20)31-26(23-7-4-10-30-23)32(27(21)33)18-8-9-24(35-2)22(28)14-18/h3,5-6,8-9,11-14,23,30H,4,7,10H2,1-2H3. The van der Waals surface area contributed by atoms with Crippen molar-refractivity contribution in [2.45, 2.75) is 18.9 Å². The summed E-state index contributed by atoms with van der Waals surface area (Å²) in [5.41, 5.74) is 2.21. The lowest BCUT2D eigenvalue weighted by Gasteiger charge is -2.20. The molecule has 4 aromatic rings. The summed E-state index contributed by atoms with van der Waals surface area (Å²) in [5, 5.41) is 13.4. The van der Waals surface area contributed by atoms with Gasteiger partial charge in [-0.1, -0.05) is 12.1 Å². The molecule has 1 aromatic heterocycles. The SMILES string of the molecule is COc1cccc(-c2cc(C#N)cc3c(=O)n(-c4ccc(OC)c(F)c4)c(C4CCCN4)nc23)c1. The number of rotatable bonds is 5. The second-order valence-electron chi connectivity index (χ2n) is 8.34. The minimum absolute atomic E-state index is 0.0863. The van der Waals surface area contributed by atoms with E-state index in [0.29, 0.717) is 33.9 Å². The fraction of sp³-hybridized carbons (Fsp3) is 0.222. The van der Waals surface area contributed by atoms with Gasteiger partial charge in [-0.2, -0.15) is 5.26 Å². The number of hydrogen-bond donors (Lipinski definition) is 1. The Kier molecular flexibility index (Phi) is 5.93. The number of hydrogen-bond acceptors (Lipinski definition) is 6. The highest BCUT2D eigenvalue weighted by atomic mass is 19.1. The predicted molar refractivity (Wildman–Crippen MR) is 131 cm³/mol. The smallest absolute Gasteiger partial charge is 0.266 e. The van der Waals surface area contributed by atoms with Gasteiger partial charge in [0.05, 0.1) is 48.5 Å². The van der Waals surface area contributed by atoms with E-state index in [1.807, 2.05) is 24.3 Å². The summed E-state index contributed by atoms with van der Waals surface area (Å²) in [6.45, 7) is 0.797. The first-order chi connectivity index (χ1) is 17.0. The molecule has 1 atom stereocenters. The van der Waals surface area contributed by atoms with Crippen molar-refractivity contribution in [1.82, 2.24) is 14.9 Å². The predicted octanol–water partition coefficient (Wildman–Crippen LogP) is 4.51. The van der Waals surface area contributed by atoms with Crippen LogP contribution in [-0.2, 0) is 0 Å². The highest BCUT2D eigenvalue weighted by Crippen LogP contribution is 2.33. The number of benzene rings is 3. The van der Waals surface area contributed by atoms with Gasteiger partial charge >= 0.3 is 0 Å². The molecule has 0 aliphatic carbocycles. The summed E-state index contributed by atoms with van der Waals surface area (Å²) in [4.78, 5) is 18.9. The van der Waals surface area contributed by atoms with E-state index in [9.17, 15) is 14.4 Å². The van der Waals surface area contributed by atoms with Gasteiger partial charge in [-0.15, -0.1) is 0 Å². The molecule has 0 bridgehead atoms. The zero-order valence-electron chi connectivity index (χ0n) is 19.3. The Bertz CT molecular complexity index is 1530. The van der Waals surface area contributed by atoms with E-state index in [2.05, 4.69) is 11.4 Å². The number of methoxy groups -OCH3 is 2. The van der Waals surface area contributed by atoms with Gasteiger partial charge in [0.1, 0.15) is 11.6 Å². The van der Waals surface area contributed by atoms with Crippen molar-refractivity contribution >= 4 is 10.9 Å². The molecule has 1 fully saturated rings. The largest absolute Gasteiger partial charge is 0.497 e. The molecular weight excluding hydrogens is 447 g/mol. The number of fused-ring (bicyclic) bond motifs is 1. The number of halogens is 1. The third-order valence-electron chi connectivity index (χ3n) is 6.27. The molecule has 2 heterocycles. The number of ether oxygens (including phenoxy) is 2. The van der Waals surface area contributed by atoms with Crippen LogP contribution in [-0.4, -0.2) is 30.3 Å². The minimum atomic E-state index is -0.579. The molecule has 0 amide bonds. The van der Waals surface area contributed by atoms with Crippen LogP contribution in [0.4, 0.5) is 4.39 Å². The molecule has 1 unspecified atom stereocenters. The van der Waals surface area contributed by atoms with Crippen LogP contribution in [0.2, 0.25) is 0 Å². The molecule has 3 aromatic carbocycles. The normalized spacial score (nSPS) is 15.2. The van der Waals surface area contributed by atoms with Crippen LogP contribution >= 0.6 is 0 Å². The van der Waals surface area contributed by atoms with Gasteiger partial charge in [-0.3, -0.25) is 9.36 Å². The number of nitrogens with one attached hydrogen (secondary N) is 1. The molecule has 1 aliphatic rings. The quantitative estimate of drug-likeness (QED) is 0.462. The monoisotopic (exact) mass is 470 g/mol. The summed E-state index contributed by atoms with van der Waals surface area (Å²) >= 11 is 0. The molecule has 35 heavy (non-hydrogen) atoms. The van der Waals surface area contributed by atoms with Gasteiger partial charge in [0.15, 0.2) is 11.6 Å². The molecule has 7 nitrogen and oxygen atoms in total. The molecule has 0 radical (unpaired) electrons. The summed E-state index contributed by atoms with van der Waals surface area (Å²) < 4.78 is 26.5. The molecule has 1 N–H and O–H groups in total. The fourth-order valence-corrected chi connectivity index (χ4v) is 4.56. The molecule has 1 saturated heterocycles. The van der Waals surface area contributed by atoms with Crippen LogP contribution in [0.1, 0.15) is 30.3 Å². The molecule has 0 spiro atoms.